The molecule has 1 aromatic heterocycles. The Morgan fingerprint density at radius 1 is 1.14 bits per heavy atom. The fourth-order valence-corrected chi connectivity index (χ4v) is 6.66. The van der Waals surface area contributed by atoms with Gasteiger partial charge in [0.15, 0.2) is 5.78 Å². The fraction of sp³-hybridized carbons (Fsp3) is 0.318. The van der Waals surface area contributed by atoms with Crippen molar-refractivity contribution < 1.29 is 13.2 Å². The van der Waals surface area contributed by atoms with Crippen LogP contribution in [0, 0.1) is 6.92 Å². The number of carbonyl (C=O) groups is 1. The predicted octanol–water partition coefficient (Wildman–Crippen LogP) is 4.14. The molecule has 2 aromatic carbocycles. The number of anilines is 1. The molecular formula is C22H22N2O3S. The highest BCUT2D eigenvalue weighted by molar-refractivity contribution is 7.93. The molecule has 1 atom stereocenters. The predicted molar refractivity (Wildman–Crippen MR) is 110 cm³/mol. The van der Waals surface area contributed by atoms with Gasteiger partial charge in [-0.05, 0) is 62.4 Å². The second-order valence-electron chi connectivity index (χ2n) is 7.90. The SMILES string of the molecule is Cc1cc2c3c([nH]c2cc1S(=O)(=O)N1c2ccccc2CC1C)CCCC3=O. The Balaban J connectivity index is 1.69. The number of nitrogens with zero attached hydrogens (tertiary/aromatic N) is 1. The van der Waals surface area contributed by atoms with Gasteiger partial charge in [-0.2, -0.15) is 0 Å². The van der Waals surface area contributed by atoms with E-state index in [0.717, 1.165) is 46.3 Å². The summed E-state index contributed by atoms with van der Waals surface area (Å²) in [5.41, 5.74) is 4.88. The van der Waals surface area contributed by atoms with Crippen LogP contribution in [0.25, 0.3) is 10.9 Å². The lowest BCUT2D eigenvalue weighted by molar-refractivity contribution is 0.0974. The van der Waals surface area contributed by atoms with Gasteiger partial charge >= 0.3 is 0 Å². The van der Waals surface area contributed by atoms with E-state index >= 15 is 0 Å². The fourth-order valence-electron chi connectivity index (χ4n) is 4.73. The summed E-state index contributed by atoms with van der Waals surface area (Å²) in [6.45, 7) is 3.75. The topological polar surface area (TPSA) is 70.2 Å². The van der Waals surface area contributed by atoms with Crippen LogP contribution >= 0.6 is 0 Å². The molecule has 2 heterocycles. The molecule has 144 valence electrons. The molecule has 0 fully saturated rings. The molecule has 0 saturated heterocycles. The Morgan fingerprint density at radius 2 is 1.93 bits per heavy atom. The molecule has 1 aliphatic carbocycles. The summed E-state index contributed by atoms with van der Waals surface area (Å²) < 4.78 is 28.8. The van der Waals surface area contributed by atoms with E-state index in [2.05, 4.69) is 4.98 Å². The smallest absolute Gasteiger partial charge is 0.264 e. The molecule has 28 heavy (non-hydrogen) atoms. The molecule has 0 radical (unpaired) electrons. The molecule has 3 aromatic rings. The van der Waals surface area contributed by atoms with E-state index in [-0.39, 0.29) is 11.8 Å². The Hall–Kier alpha value is -2.60. The minimum absolute atomic E-state index is 0.129. The summed E-state index contributed by atoms with van der Waals surface area (Å²) in [6, 6.07) is 11.1. The van der Waals surface area contributed by atoms with Gasteiger partial charge in [-0.3, -0.25) is 9.10 Å². The third-order valence-corrected chi connectivity index (χ3v) is 8.03. The van der Waals surface area contributed by atoms with Crippen molar-refractivity contribution in [3.05, 3.63) is 58.8 Å². The Kier molecular flexibility index (Phi) is 3.72. The van der Waals surface area contributed by atoms with Gasteiger partial charge in [0, 0.05) is 34.6 Å². The second-order valence-corrected chi connectivity index (χ2v) is 9.68. The monoisotopic (exact) mass is 394 g/mol. The van der Waals surface area contributed by atoms with Gasteiger partial charge in [0.05, 0.1) is 10.6 Å². The van der Waals surface area contributed by atoms with E-state index in [1.807, 2.05) is 44.2 Å². The van der Waals surface area contributed by atoms with Gasteiger partial charge in [-0.25, -0.2) is 8.42 Å². The Bertz CT molecular complexity index is 1240. The number of aryl methyl sites for hydroxylation is 2. The zero-order valence-corrected chi connectivity index (χ0v) is 16.8. The first kappa shape index (κ1) is 17.5. The summed E-state index contributed by atoms with van der Waals surface area (Å²) in [5, 5.41) is 0.839. The van der Waals surface area contributed by atoms with E-state index in [1.54, 1.807) is 10.4 Å². The number of Topliss-reactive ketones (excluding diaryl/α,β-unsaturated/α-hetero) is 1. The summed E-state index contributed by atoms with van der Waals surface area (Å²) in [5.74, 6) is 0.143. The molecule has 6 heteroatoms. The molecule has 1 N–H and O–H groups in total. The van der Waals surface area contributed by atoms with Gasteiger partial charge in [0.1, 0.15) is 0 Å². The van der Waals surface area contributed by atoms with E-state index in [4.69, 9.17) is 0 Å². The molecule has 0 spiro atoms. The van der Waals surface area contributed by atoms with Gasteiger partial charge in [-0.1, -0.05) is 18.2 Å². The number of hydrogen-bond donors (Lipinski definition) is 1. The Morgan fingerprint density at radius 3 is 2.75 bits per heavy atom. The van der Waals surface area contributed by atoms with Crippen LogP contribution in [0.1, 0.15) is 46.9 Å². The minimum atomic E-state index is -3.71. The maximum atomic E-state index is 13.6. The van der Waals surface area contributed by atoms with Crippen molar-refractivity contribution in [2.75, 3.05) is 4.31 Å². The maximum absolute atomic E-state index is 13.6. The summed E-state index contributed by atoms with van der Waals surface area (Å²) in [6.07, 6.45) is 2.93. The molecule has 0 amide bonds. The van der Waals surface area contributed by atoms with Gasteiger partial charge in [-0.15, -0.1) is 0 Å². The maximum Gasteiger partial charge on any atom is 0.264 e. The van der Waals surface area contributed by atoms with Crippen LogP contribution < -0.4 is 4.31 Å². The van der Waals surface area contributed by atoms with Crippen LogP contribution in [-0.4, -0.2) is 25.2 Å². The number of nitrogens with one attached hydrogen (secondary N) is 1. The number of benzene rings is 2. The summed E-state index contributed by atoms with van der Waals surface area (Å²) in [4.78, 5) is 16.0. The quantitative estimate of drug-likeness (QED) is 0.710. The number of fused-ring (bicyclic) bond motifs is 4. The first-order valence-electron chi connectivity index (χ1n) is 9.68. The summed E-state index contributed by atoms with van der Waals surface area (Å²) in [7, 11) is -3.71. The average Bonchev–Trinajstić information content (AvgIpc) is 3.18. The molecule has 1 aliphatic heterocycles. The van der Waals surface area contributed by atoms with Crippen LogP contribution in [0.3, 0.4) is 0 Å². The lowest BCUT2D eigenvalue weighted by Gasteiger charge is -2.25. The van der Waals surface area contributed by atoms with Crippen molar-refractivity contribution in [3.63, 3.8) is 0 Å². The van der Waals surface area contributed by atoms with Gasteiger partial charge < -0.3 is 4.98 Å². The van der Waals surface area contributed by atoms with Crippen LogP contribution in [0.4, 0.5) is 5.69 Å². The molecule has 5 rings (SSSR count). The first-order chi connectivity index (χ1) is 13.4. The van der Waals surface area contributed by atoms with Crippen LogP contribution in [0.15, 0.2) is 41.3 Å². The molecule has 5 nitrogen and oxygen atoms in total. The van der Waals surface area contributed by atoms with E-state index in [9.17, 15) is 13.2 Å². The van der Waals surface area contributed by atoms with Crippen molar-refractivity contribution >= 4 is 32.4 Å². The largest absolute Gasteiger partial charge is 0.358 e. The zero-order chi connectivity index (χ0) is 19.6. The minimum Gasteiger partial charge on any atom is -0.358 e. The molecule has 0 saturated carbocycles. The number of carbonyl (C=O) groups excluding carboxylic acids is 1. The van der Waals surface area contributed by atoms with E-state index < -0.39 is 10.0 Å². The molecule has 0 bridgehead atoms. The summed E-state index contributed by atoms with van der Waals surface area (Å²) >= 11 is 0. The number of rotatable bonds is 2. The highest BCUT2D eigenvalue weighted by Crippen LogP contribution is 2.39. The molecular weight excluding hydrogens is 372 g/mol. The first-order valence-corrected chi connectivity index (χ1v) is 11.1. The number of ketones is 1. The third-order valence-electron chi connectivity index (χ3n) is 5.96. The highest BCUT2D eigenvalue weighted by atomic mass is 32.2. The lowest BCUT2D eigenvalue weighted by atomic mass is 9.94. The molecule has 1 unspecified atom stereocenters. The number of H-pyrrole nitrogens is 1. The van der Waals surface area contributed by atoms with E-state index in [1.165, 1.54) is 0 Å². The van der Waals surface area contributed by atoms with E-state index in [0.29, 0.717) is 23.3 Å². The van der Waals surface area contributed by atoms with Gasteiger partial charge in [0.2, 0.25) is 0 Å². The average molecular weight is 394 g/mol. The van der Waals surface area contributed by atoms with Crippen LogP contribution in [0.5, 0.6) is 0 Å². The van der Waals surface area contributed by atoms with Crippen molar-refractivity contribution in [1.29, 1.82) is 0 Å². The number of hydrogen-bond acceptors (Lipinski definition) is 3. The van der Waals surface area contributed by atoms with Crippen molar-refractivity contribution in [2.24, 2.45) is 0 Å². The Labute approximate surface area is 164 Å². The number of sulfonamides is 1. The third kappa shape index (κ3) is 2.37. The zero-order valence-electron chi connectivity index (χ0n) is 16.0. The van der Waals surface area contributed by atoms with Gasteiger partial charge in [0.25, 0.3) is 10.0 Å². The standard InChI is InChI=1S/C22H22N2O3S/c1-13-10-16-18(23-17-7-5-9-20(25)22(16)17)12-21(13)28(26,27)24-14(2)11-15-6-3-4-8-19(15)24/h3-4,6,8,10,12,14,23H,5,7,9,11H2,1-2H3. The second kappa shape index (κ2) is 5.95. The van der Waals surface area contributed by atoms with Crippen molar-refractivity contribution in [2.45, 2.75) is 50.5 Å². The normalized spacial score (nSPS) is 19.1. The van der Waals surface area contributed by atoms with Crippen LogP contribution in [-0.2, 0) is 22.9 Å². The number of aromatic nitrogens is 1. The van der Waals surface area contributed by atoms with Crippen molar-refractivity contribution in [3.8, 4) is 0 Å². The lowest BCUT2D eigenvalue weighted by Crippen LogP contribution is -2.36. The number of aromatic amines is 1. The highest BCUT2D eigenvalue weighted by Gasteiger charge is 2.37. The van der Waals surface area contributed by atoms with Crippen molar-refractivity contribution in [1.82, 2.24) is 4.98 Å². The molecule has 2 aliphatic rings. The van der Waals surface area contributed by atoms with Crippen LogP contribution in [0.2, 0.25) is 0 Å². The number of para-hydroxylation sites is 1.